The van der Waals surface area contributed by atoms with Crippen LogP contribution in [0.2, 0.25) is 0 Å². The molecule has 0 aliphatic carbocycles. The quantitative estimate of drug-likeness (QED) is 0.252. The van der Waals surface area contributed by atoms with Crippen LogP contribution in [-0.4, -0.2) is 12.1 Å². The maximum atomic E-state index is 12.4. The lowest BCUT2D eigenvalue weighted by molar-refractivity contribution is 0.0378. The molecule has 0 N–H and O–H groups in total. The van der Waals surface area contributed by atoms with Crippen molar-refractivity contribution in [2.45, 2.75) is 79.2 Å². The van der Waals surface area contributed by atoms with Crippen LogP contribution in [0.4, 0.5) is 0 Å². The second kappa shape index (κ2) is 13.5. The summed E-state index contributed by atoms with van der Waals surface area (Å²) in [6.45, 7) is 10.7. The number of rotatable bonds is 11. The zero-order valence-corrected chi connectivity index (χ0v) is 19.6. The summed E-state index contributed by atoms with van der Waals surface area (Å²) in [6.07, 6.45) is 12.7. The fourth-order valence-electron chi connectivity index (χ4n) is 2.89. The van der Waals surface area contributed by atoms with Crippen molar-refractivity contribution in [1.29, 1.82) is 0 Å². The topological polar surface area (TPSA) is 26.3 Å². The molecule has 1 aromatic carbocycles. The summed E-state index contributed by atoms with van der Waals surface area (Å²) in [4.78, 5) is 12.4. The van der Waals surface area contributed by atoms with Gasteiger partial charge in [0.15, 0.2) is 0 Å². The summed E-state index contributed by atoms with van der Waals surface area (Å²) < 4.78 is 6.69. The van der Waals surface area contributed by atoms with Crippen molar-refractivity contribution in [3.8, 4) is 0 Å². The van der Waals surface area contributed by atoms with Gasteiger partial charge in [-0.2, -0.15) is 0 Å². The minimum Gasteiger partial charge on any atom is -0.455 e. The maximum absolute atomic E-state index is 12.4. The highest BCUT2D eigenvalue weighted by molar-refractivity contribution is 9.10. The second-order valence-corrected chi connectivity index (χ2v) is 8.58. The van der Waals surface area contributed by atoms with Gasteiger partial charge in [-0.05, 0) is 90.1 Å². The molecule has 1 aromatic rings. The number of allylic oxidation sites excluding steroid dienone is 5. The van der Waals surface area contributed by atoms with Gasteiger partial charge in [-0.3, -0.25) is 0 Å². The Kier molecular flexibility index (Phi) is 11.8. The van der Waals surface area contributed by atoms with Crippen LogP contribution in [0.1, 0.15) is 83.5 Å². The predicted molar refractivity (Wildman–Crippen MR) is 124 cm³/mol. The molecule has 0 saturated heterocycles. The lowest BCUT2D eigenvalue weighted by Gasteiger charge is -2.15. The first-order valence-corrected chi connectivity index (χ1v) is 11.0. The summed E-state index contributed by atoms with van der Waals surface area (Å²) in [7, 11) is 0. The van der Waals surface area contributed by atoms with Crippen LogP contribution in [-0.2, 0) is 4.74 Å². The monoisotopic (exact) mass is 446 g/mol. The maximum Gasteiger partial charge on any atom is 0.338 e. The van der Waals surface area contributed by atoms with Crippen LogP contribution >= 0.6 is 15.9 Å². The summed E-state index contributed by atoms with van der Waals surface area (Å²) in [6, 6.07) is 7.29. The third-order valence-electron chi connectivity index (χ3n) is 4.50. The molecule has 28 heavy (non-hydrogen) atoms. The molecule has 0 amide bonds. The van der Waals surface area contributed by atoms with E-state index in [1.807, 2.05) is 12.1 Å². The Morgan fingerprint density at radius 3 is 2.21 bits per heavy atom. The minimum absolute atomic E-state index is 0.163. The highest BCUT2D eigenvalue weighted by atomic mass is 79.9. The van der Waals surface area contributed by atoms with E-state index < -0.39 is 0 Å². The number of hydrogen-bond donors (Lipinski definition) is 0. The summed E-state index contributed by atoms with van der Waals surface area (Å²) in [5.74, 6) is -0.259. The molecule has 2 nitrogen and oxygen atoms in total. The van der Waals surface area contributed by atoms with E-state index in [0.717, 1.165) is 43.0 Å². The molecule has 0 aliphatic rings. The first kappa shape index (κ1) is 24.4. The molecule has 0 saturated carbocycles. The molecular weight excluding hydrogens is 412 g/mol. The number of carbonyl (C=O) groups excluding carboxylic acids is 1. The van der Waals surface area contributed by atoms with E-state index in [1.54, 1.807) is 12.1 Å². The summed E-state index contributed by atoms with van der Waals surface area (Å²) in [5, 5.41) is 0. The molecule has 3 heteroatoms. The smallest absolute Gasteiger partial charge is 0.338 e. The standard InChI is InChI=1S/C25H35BrO2/c1-6-9-24(28-25(27)22-14-16-23(26)17-15-22)18-21(5)13-8-12-20(4)11-7-10-19(2)3/h10,12,14-18,24H,6-9,11,13H2,1-5H3/b20-12+,21-18+/t24-/m1/s1. The molecule has 1 rings (SSSR count). The average Bonchev–Trinajstić information content (AvgIpc) is 2.62. The molecule has 0 fully saturated rings. The third kappa shape index (κ3) is 10.7. The Morgan fingerprint density at radius 1 is 1.00 bits per heavy atom. The van der Waals surface area contributed by atoms with Crippen LogP contribution in [0.25, 0.3) is 0 Å². The fourth-order valence-corrected chi connectivity index (χ4v) is 3.15. The Hall–Kier alpha value is -1.61. The Bertz CT molecular complexity index is 692. The molecule has 0 heterocycles. The van der Waals surface area contributed by atoms with Crippen molar-refractivity contribution in [3.63, 3.8) is 0 Å². The van der Waals surface area contributed by atoms with Crippen molar-refractivity contribution in [2.75, 3.05) is 0 Å². The van der Waals surface area contributed by atoms with Gasteiger partial charge >= 0.3 is 5.97 Å². The Labute approximate surface area is 179 Å². The van der Waals surface area contributed by atoms with Crippen molar-refractivity contribution in [2.24, 2.45) is 0 Å². The lowest BCUT2D eigenvalue weighted by atomic mass is 10.0. The van der Waals surface area contributed by atoms with Crippen molar-refractivity contribution in [1.82, 2.24) is 0 Å². The Morgan fingerprint density at radius 2 is 1.61 bits per heavy atom. The Balaban J connectivity index is 2.57. The molecule has 0 spiro atoms. The van der Waals surface area contributed by atoms with Crippen molar-refractivity contribution < 1.29 is 9.53 Å². The van der Waals surface area contributed by atoms with E-state index in [4.69, 9.17) is 4.74 Å². The molecule has 0 aliphatic heterocycles. The van der Waals surface area contributed by atoms with E-state index in [-0.39, 0.29) is 12.1 Å². The van der Waals surface area contributed by atoms with E-state index in [2.05, 4.69) is 68.8 Å². The summed E-state index contributed by atoms with van der Waals surface area (Å²) >= 11 is 3.39. The third-order valence-corrected chi connectivity index (χ3v) is 5.03. The molecule has 0 unspecified atom stereocenters. The van der Waals surface area contributed by atoms with Crippen LogP contribution in [0.3, 0.4) is 0 Å². The fraction of sp³-hybridized carbons (Fsp3) is 0.480. The molecule has 1 atom stereocenters. The molecule has 0 radical (unpaired) electrons. The van der Waals surface area contributed by atoms with Gasteiger partial charge in [-0.25, -0.2) is 4.79 Å². The minimum atomic E-state index is -0.259. The van der Waals surface area contributed by atoms with Crippen LogP contribution < -0.4 is 0 Å². The summed E-state index contributed by atoms with van der Waals surface area (Å²) in [5.41, 5.74) is 4.68. The number of carbonyl (C=O) groups is 1. The SMILES string of the molecule is CCC[C@H](/C=C(\C)CC/C=C(\C)CCC=C(C)C)OC(=O)c1ccc(Br)cc1. The van der Waals surface area contributed by atoms with E-state index in [0.29, 0.717) is 5.56 Å². The van der Waals surface area contributed by atoms with Gasteiger partial charge in [0.05, 0.1) is 5.56 Å². The number of benzene rings is 1. The zero-order valence-electron chi connectivity index (χ0n) is 18.1. The number of halogens is 1. The normalized spacial score (nSPS) is 13.2. The average molecular weight is 447 g/mol. The highest BCUT2D eigenvalue weighted by Crippen LogP contribution is 2.17. The molecule has 0 aromatic heterocycles. The van der Waals surface area contributed by atoms with Crippen LogP contribution in [0.15, 0.2) is 63.7 Å². The number of esters is 1. The molecule has 0 bridgehead atoms. The van der Waals surface area contributed by atoms with Crippen molar-refractivity contribution in [3.05, 3.63) is 69.2 Å². The first-order valence-electron chi connectivity index (χ1n) is 10.2. The van der Waals surface area contributed by atoms with Gasteiger partial charge in [-0.15, -0.1) is 0 Å². The van der Waals surface area contributed by atoms with Crippen LogP contribution in [0.5, 0.6) is 0 Å². The first-order chi connectivity index (χ1) is 13.3. The van der Waals surface area contributed by atoms with Gasteiger partial charge in [0.1, 0.15) is 6.10 Å². The van der Waals surface area contributed by atoms with E-state index in [1.165, 1.54) is 16.7 Å². The van der Waals surface area contributed by atoms with E-state index in [9.17, 15) is 4.79 Å². The second-order valence-electron chi connectivity index (χ2n) is 7.66. The van der Waals surface area contributed by atoms with Gasteiger partial charge in [-0.1, -0.05) is 58.1 Å². The number of hydrogen-bond acceptors (Lipinski definition) is 2. The largest absolute Gasteiger partial charge is 0.455 e. The lowest BCUT2D eigenvalue weighted by Crippen LogP contribution is -2.16. The number of ether oxygens (including phenoxy) is 1. The van der Waals surface area contributed by atoms with Gasteiger partial charge in [0.25, 0.3) is 0 Å². The van der Waals surface area contributed by atoms with Crippen molar-refractivity contribution >= 4 is 21.9 Å². The molecular formula is C25H35BrO2. The van der Waals surface area contributed by atoms with Gasteiger partial charge in [0, 0.05) is 4.47 Å². The highest BCUT2D eigenvalue weighted by Gasteiger charge is 2.13. The van der Waals surface area contributed by atoms with Gasteiger partial charge in [0.2, 0.25) is 0 Å². The molecule has 154 valence electrons. The van der Waals surface area contributed by atoms with E-state index >= 15 is 0 Å². The zero-order chi connectivity index (χ0) is 20.9. The van der Waals surface area contributed by atoms with Crippen LogP contribution in [0, 0.1) is 0 Å². The van der Waals surface area contributed by atoms with Gasteiger partial charge < -0.3 is 4.74 Å². The predicted octanol–water partition coefficient (Wildman–Crippen LogP) is 8.19.